The number of esters is 1. The van der Waals surface area contributed by atoms with Gasteiger partial charge in [0.15, 0.2) is 0 Å². The van der Waals surface area contributed by atoms with E-state index in [0.717, 1.165) is 19.4 Å². The highest BCUT2D eigenvalue weighted by Gasteiger charge is 2.22. The summed E-state index contributed by atoms with van der Waals surface area (Å²) in [5.41, 5.74) is 0. The molecule has 0 aromatic carbocycles. The molecule has 1 fully saturated rings. The average molecular weight is 287 g/mol. The molecule has 7 heteroatoms. The summed E-state index contributed by atoms with van der Waals surface area (Å²) >= 11 is 0. The van der Waals surface area contributed by atoms with Crippen LogP contribution < -0.4 is 5.32 Å². The average Bonchev–Trinajstić information content (AvgIpc) is 2.93. The van der Waals surface area contributed by atoms with E-state index in [9.17, 15) is 14.4 Å². The molecule has 2 atom stereocenters. The predicted molar refractivity (Wildman–Crippen MR) is 69.0 cm³/mol. The molecule has 1 saturated heterocycles. The number of methoxy groups -OCH3 is 1. The highest BCUT2D eigenvalue weighted by molar-refractivity contribution is 5.84. The normalized spacial score (nSPS) is 19.4. The molecule has 114 valence electrons. The van der Waals surface area contributed by atoms with Crippen LogP contribution in [0.4, 0.5) is 0 Å². The van der Waals surface area contributed by atoms with Gasteiger partial charge in [-0.05, 0) is 25.7 Å². The van der Waals surface area contributed by atoms with Crippen LogP contribution in [0.2, 0.25) is 0 Å². The number of aliphatic carboxylic acids is 1. The Bertz CT molecular complexity index is 351. The quantitative estimate of drug-likeness (QED) is 0.629. The lowest BCUT2D eigenvalue weighted by Gasteiger charge is -2.15. The standard InChI is InChI=1S/C13H21NO6/c1-19-12(16)7-5-10(13(17)18)14-11(15)6-4-9-3-2-8-20-9/h9-10H,2-8H2,1H3,(H,14,15)(H,17,18). The molecule has 2 unspecified atom stereocenters. The number of hydrogen-bond donors (Lipinski definition) is 2. The van der Waals surface area contributed by atoms with E-state index in [1.54, 1.807) is 0 Å². The van der Waals surface area contributed by atoms with Crippen LogP contribution in [0.25, 0.3) is 0 Å². The van der Waals surface area contributed by atoms with Crippen molar-refractivity contribution < 1.29 is 29.0 Å². The summed E-state index contributed by atoms with van der Waals surface area (Å²) in [7, 11) is 1.23. The Balaban J connectivity index is 2.30. The zero-order valence-electron chi connectivity index (χ0n) is 11.6. The number of carboxylic acid groups (broad SMARTS) is 1. The summed E-state index contributed by atoms with van der Waals surface area (Å²) in [5, 5.41) is 11.4. The minimum Gasteiger partial charge on any atom is -0.480 e. The van der Waals surface area contributed by atoms with Gasteiger partial charge in [0, 0.05) is 19.4 Å². The smallest absolute Gasteiger partial charge is 0.326 e. The van der Waals surface area contributed by atoms with Gasteiger partial charge in [-0.15, -0.1) is 0 Å². The van der Waals surface area contributed by atoms with E-state index in [-0.39, 0.29) is 31.3 Å². The molecule has 1 rings (SSSR count). The van der Waals surface area contributed by atoms with Gasteiger partial charge < -0.3 is 19.9 Å². The molecule has 1 aliphatic rings. The van der Waals surface area contributed by atoms with Crippen LogP contribution >= 0.6 is 0 Å². The van der Waals surface area contributed by atoms with Crippen LogP contribution in [-0.2, 0) is 23.9 Å². The fraction of sp³-hybridized carbons (Fsp3) is 0.769. The summed E-state index contributed by atoms with van der Waals surface area (Å²) in [6.07, 6.45) is 2.84. The maximum atomic E-state index is 11.7. The lowest BCUT2D eigenvalue weighted by atomic mass is 10.1. The number of carbonyl (C=O) groups is 3. The molecule has 0 aliphatic carbocycles. The van der Waals surface area contributed by atoms with E-state index in [2.05, 4.69) is 10.1 Å². The van der Waals surface area contributed by atoms with Crippen molar-refractivity contribution >= 4 is 17.8 Å². The Kier molecular flexibility index (Phi) is 7.00. The van der Waals surface area contributed by atoms with Crippen molar-refractivity contribution in [3.05, 3.63) is 0 Å². The van der Waals surface area contributed by atoms with Crippen molar-refractivity contribution in [3.8, 4) is 0 Å². The molecule has 0 bridgehead atoms. The summed E-state index contributed by atoms with van der Waals surface area (Å²) in [6.45, 7) is 0.725. The van der Waals surface area contributed by atoms with E-state index >= 15 is 0 Å². The van der Waals surface area contributed by atoms with Crippen LogP contribution in [0.5, 0.6) is 0 Å². The molecule has 1 aliphatic heterocycles. The number of amides is 1. The first kappa shape index (κ1) is 16.4. The van der Waals surface area contributed by atoms with Gasteiger partial charge in [0.2, 0.25) is 5.91 Å². The molecule has 0 spiro atoms. The number of rotatable bonds is 8. The number of nitrogens with one attached hydrogen (secondary N) is 1. The molecule has 1 heterocycles. The van der Waals surface area contributed by atoms with Crippen LogP contribution in [-0.4, -0.2) is 48.8 Å². The van der Waals surface area contributed by atoms with Crippen LogP contribution in [0, 0.1) is 0 Å². The van der Waals surface area contributed by atoms with E-state index in [0.29, 0.717) is 6.42 Å². The minimum absolute atomic E-state index is 0.0215. The summed E-state index contributed by atoms with van der Waals surface area (Å²) < 4.78 is 9.83. The molecular formula is C13H21NO6. The molecule has 0 aromatic heterocycles. The van der Waals surface area contributed by atoms with Crippen molar-refractivity contribution in [2.24, 2.45) is 0 Å². The highest BCUT2D eigenvalue weighted by Crippen LogP contribution is 2.16. The van der Waals surface area contributed by atoms with E-state index in [1.165, 1.54) is 7.11 Å². The number of hydrogen-bond acceptors (Lipinski definition) is 5. The van der Waals surface area contributed by atoms with Crippen LogP contribution in [0.15, 0.2) is 0 Å². The second-order valence-electron chi connectivity index (χ2n) is 4.75. The predicted octanol–water partition coefficient (Wildman–Crippen LogP) is 0.468. The molecule has 2 N–H and O–H groups in total. The van der Waals surface area contributed by atoms with Crippen LogP contribution in [0.1, 0.15) is 38.5 Å². The first-order valence-electron chi connectivity index (χ1n) is 6.73. The molecule has 1 amide bonds. The van der Waals surface area contributed by atoms with Gasteiger partial charge >= 0.3 is 11.9 Å². The monoisotopic (exact) mass is 287 g/mol. The summed E-state index contributed by atoms with van der Waals surface area (Å²) in [6, 6.07) is -1.06. The first-order valence-corrected chi connectivity index (χ1v) is 6.73. The molecule has 0 aromatic rings. The maximum Gasteiger partial charge on any atom is 0.326 e. The Labute approximate surface area is 117 Å². The summed E-state index contributed by atoms with van der Waals surface area (Å²) in [4.78, 5) is 33.7. The lowest BCUT2D eigenvalue weighted by Crippen LogP contribution is -2.41. The van der Waals surface area contributed by atoms with Crippen molar-refractivity contribution in [1.29, 1.82) is 0 Å². The number of carboxylic acids is 1. The molecule has 0 saturated carbocycles. The van der Waals surface area contributed by atoms with E-state index in [1.807, 2.05) is 0 Å². The largest absolute Gasteiger partial charge is 0.480 e. The number of ether oxygens (including phenoxy) is 2. The van der Waals surface area contributed by atoms with Gasteiger partial charge in [-0.2, -0.15) is 0 Å². The van der Waals surface area contributed by atoms with Gasteiger partial charge in [-0.3, -0.25) is 9.59 Å². The van der Waals surface area contributed by atoms with E-state index in [4.69, 9.17) is 9.84 Å². The van der Waals surface area contributed by atoms with E-state index < -0.39 is 18.0 Å². The van der Waals surface area contributed by atoms with Crippen molar-refractivity contribution in [3.63, 3.8) is 0 Å². The molecule has 0 radical (unpaired) electrons. The fourth-order valence-electron chi connectivity index (χ4n) is 2.05. The third-order valence-electron chi connectivity index (χ3n) is 3.22. The third kappa shape index (κ3) is 6.01. The molecular weight excluding hydrogens is 266 g/mol. The Morgan fingerprint density at radius 3 is 2.70 bits per heavy atom. The maximum absolute atomic E-state index is 11.7. The van der Waals surface area contributed by atoms with Gasteiger partial charge in [0.1, 0.15) is 6.04 Å². The zero-order valence-corrected chi connectivity index (χ0v) is 11.6. The second-order valence-corrected chi connectivity index (χ2v) is 4.75. The Hall–Kier alpha value is -1.63. The van der Waals surface area contributed by atoms with Gasteiger partial charge in [-0.1, -0.05) is 0 Å². The SMILES string of the molecule is COC(=O)CCC(NC(=O)CCC1CCCO1)C(=O)O. The van der Waals surface area contributed by atoms with Crippen molar-refractivity contribution in [2.75, 3.05) is 13.7 Å². The topological polar surface area (TPSA) is 102 Å². The summed E-state index contributed by atoms with van der Waals surface area (Å²) in [5.74, 6) is -1.98. The molecule has 20 heavy (non-hydrogen) atoms. The van der Waals surface area contributed by atoms with Gasteiger partial charge in [0.25, 0.3) is 0 Å². The Morgan fingerprint density at radius 2 is 2.15 bits per heavy atom. The van der Waals surface area contributed by atoms with Gasteiger partial charge in [-0.25, -0.2) is 4.79 Å². The van der Waals surface area contributed by atoms with Crippen LogP contribution in [0.3, 0.4) is 0 Å². The second kappa shape index (κ2) is 8.52. The minimum atomic E-state index is -1.15. The lowest BCUT2D eigenvalue weighted by molar-refractivity contribution is -0.144. The highest BCUT2D eigenvalue weighted by atomic mass is 16.5. The van der Waals surface area contributed by atoms with Crippen molar-refractivity contribution in [2.45, 2.75) is 50.7 Å². The Morgan fingerprint density at radius 1 is 1.40 bits per heavy atom. The molecule has 7 nitrogen and oxygen atoms in total. The fourth-order valence-corrected chi connectivity index (χ4v) is 2.05. The van der Waals surface area contributed by atoms with Gasteiger partial charge in [0.05, 0.1) is 13.2 Å². The number of carbonyl (C=O) groups excluding carboxylic acids is 2. The zero-order chi connectivity index (χ0) is 15.0. The third-order valence-corrected chi connectivity index (χ3v) is 3.22. The van der Waals surface area contributed by atoms with Crippen molar-refractivity contribution in [1.82, 2.24) is 5.32 Å². The first-order chi connectivity index (χ1) is 9.52.